The molecule has 0 fully saturated rings. The lowest BCUT2D eigenvalue weighted by Crippen LogP contribution is -2.38. The summed E-state index contributed by atoms with van der Waals surface area (Å²) in [5.41, 5.74) is 10.7. The van der Waals surface area contributed by atoms with Gasteiger partial charge in [-0.25, -0.2) is 13.2 Å². The second-order valence-corrected chi connectivity index (χ2v) is 6.05. The Morgan fingerprint density at radius 2 is 1.95 bits per heavy atom. The highest BCUT2D eigenvalue weighted by Crippen LogP contribution is 2.23. The van der Waals surface area contributed by atoms with Crippen molar-refractivity contribution < 1.29 is 22.7 Å². The van der Waals surface area contributed by atoms with E-state index in [2.05, 4.69) is 4.74 Å². The molecular formula is C12H17N3O5S. The monoisotopic (exact) mass is 315 g/mol. The summed E-state index contributed by atoms with van der Waals surface area (Å²) < 4.78 is 30.2. The average Bonchev–Trinajstić information content (AvgIpc) is 2.42. The number of hydrogen-bond donors (Lipinski definition) is 2. The third-order valence-electron chi connectivity index (χ3n) is 2.73. The lowest BCUT2D eigenvalue weighted by atomic mass is 10.2. The van der Waals surface area contributed by atoms with Gasteiger partial charge in [-0.2, -0.15) is 4.31 Å². The molecule has 0 spiro atoms. The van der Waals surface area contributed by atoms with Crippen molar-refractivity contribution in [2.45, 2.75) is 11.8 Å². The minimum absolute atomic E-state index is 0.0590. The van der Waals surface area contributed by atoms with Gasteiger partial charge in [0.25, 0.3) is 0 Å². The lowest BCUT2D eigenvalue weighted by Gasteiger charge is -2.20. The first-order valence-corrected chi connectivity index (χ1v) is 7.44. The van der Waals surface area contributed by atoms with Crippen LogP contribution in [-0.2, 0) is 19.6 Å². The van der Waals surface area contributed by atoms with Crippen LogP contribution in [0.2, 0.25) is 0 Å². The van der Waals surface area contributed by atoms with E-state index in [9.17, 15) is 18.0 Å². The van der Waals surface area contributed by atoms with Gasteiger partial charge in [0.2, 0.25) is 15.9 Å². The van der Waals surface area contributed by atoms with Gasteiger partial charge < -0.3 is 16.2 Å². The van der Waals surface area contributed by atoms with Crippen molar-refractivity contribution in [3.05, 3.63) is 23.8 Å². The molecule has 1 rings (SSSR count). The van der Waals surface area contributed by atoms with Crippen molar-refractivity contribution in [2.24, 2.45) is 5.73 Å². The van der Waals surface area contributed by atoms with E-state index in [-0.39, 0.29) is 22.7 Å². The molecule has 8 nitrogen and oxygen atoms in total. The predicted octanol–water partition coefficient (Wildman–Crippen LogP) is -0.449. The molecule has 0 unspecified atom stereocenters. The number of nitrogens with zero attached hydrogens (tertiary/aromatic N) is 1. The maximum absolute atomic E-state index is 12.4. The van der Waals surface area contributed by atoms with Crippen LogP contribution in [0.5, 0.6) is 0 Å². The third-order valence-corrected chi connectivity index (χ3v) is 4.73. The summed E-state index contributed by atoms with van der Waals surface area (Å²) in [6.45, 7) is 1.18. The van der Waals surface area contributed by atoms with Crippen LogP contribution in [0.4, 0.5) is 5.69 Å². The van der Waals surface area contributed by atoms with Gasteiger partial charge in [0.05, 0.1) is 24.9 Å². The molecule has 21 heavy (non-hydrogen) atoms. The highest BCUT2D eigenvalue weighted by atomic mass is 32.2. The van der Waals surface area contributed by atoms with Gasteiger partial charge in [0.15, 0.2) is 0 Å². The summed E-state index contributed by atoms with van der Waals surface area (Å²) in [7, 11) is -2.77. The highest BCUT2D eigenvalue weighted by molar-refractivity contribution is 7.89. The average molecular weight is 315 g/mol. The van der Waals surface area contributed by atoms with E-state index in [4.69, 9.17) is 11.5 Å². The summed E-state index contributed by atoms with van der Waals surface area (Å²) >= 11 is 0. The first kappa shape index (κ1) is 16.9. The number of primary amides is 1. The van der Waals surface area contributed by atoms with Crippen molar-refractivity contribution in [3.8, 4) is 0 Å². The second kappa shape index (κ2) is 6.55. The van der Waals surface area contributed by atoms with Crippen LogP contribution in [0.3, 0.4) is 0 Å². The lowest BCUT2D eigenvalue weighted by molar-refractivity contribution is -0.118. The van der Waals surface area contributed by atoms with Crippen molar-refractivity contribution in [2.75, 3.05) is 25.9 Å². The number of carbonyl (C=O) groups excluding carboxylic acids is 2. The summed E-state index contributed by atoms with van der Waals surface area (Å²) in [5.74, 6) is -1.40. The van der Waals surface area contributed by atoms with Gasteiger partial charge in [0, 0.05) is 6.54 Å². The number of likely N-dealkylation sites (N-methyl/N-ethyl adjacent to an activating group) is 1. The van der Waals surface area contributed by atoms with Crippen LogP contribution in [0.15, 0.2) is 23.1 Å². The maximum Gasteiger partial charge on any atom is 0.337 e. The fourth-order valence-corrected chi connectivity index (χ4v) is 3.22. The van der Waals surface area contributed by atoms with Gasteiger partial charge in [-0.15, -0.1) is 0 Å². The maximum atomic E-state index is 12.4. The fraction of sp³-hybridized carbons (Fsp3) is 0.333. The molecule has 116 valence electrons. The van der Waals surface area contributed by atoms with E-state index >= 15 is 0 Å². The molecule has 9 heteroatoms. The standard InChI is InChI=1S/C12H17N3O5S/c1-3-15(7-11(14)16)21(18,19)10-5-4-8(6-9(10)13)12(17)20-2/h4-6H,3,7,13H2,1-2H3,(H2,14,16). The zero-order valence-corrected chi connectivity index (χ0v) is 12.5. The smallest absolute Gasteiger partial charge is 0.337 e. The van der Waals surface area contributed by atoms with Crippen LogP contribution >= 0.6 is 0 Å². The van der Waals surface area contributed by atoms with Crippen LogP contribution < -0.4 is 11.5 Å². The third kappa shape index (κ3) is 3.70. The van der Waals surface area contributed by atoms with Crippen molar-refractivity contribution in [1.82, 2.24) is 4.31 Å². The van der Waals surface area contributed by atoms with Gasteiger partial charge in [-0.3, -0.25) is 4.79 Å². The molecule has 1 aromatic carbocycles. The van der Waals surface area contributed by atoms with E-state index in [0.29, 0.717) is 0 Å². The number of benzene rings is 1. The molecule has 1 aromatic rings. The van der Waals surface area contributed by atoms with E-state index in [1.165, 1.54) is 25.3 Å². The molecule has 0 saturated carbocycles. The topological polar surface area (TPSA) is 133 Å². The number of nitrogens with two attached hydrogens (primary N) is 2. The number of nitrogen functional groups attached to an aromatic ring is 1. The Morgan fingerprint density at radius 1 is 1.33 bits per heavy atom. The number of rotatable bonds is 6. The number of carbonyl (C=O) groups is 2. The quantitative estimate of drug-likeness (QED) is 0.539. The number of esters is 1. The summed E-state index contributed by atoms with van der Waals surface area (Å²) in [6.07, 6.45) is 0. The first-order chi connectivity index (χ1) is 9.73. The van der Waals surface area contributed by atoms with Crippen molar-refractivity contribution in [1.29, 1.82) is 0 Å². The zero-order chi connectivity index (χ0) is 16.2. The zero-order valence-electron chi connectivity index (χ0n) is 11.7. The molecular weight excluding hydrogens is 298 g/mol. The molecule has 0 saturated heterocycles. The normalized spacial score (nSPS) is 11.4. The minimum atomic E-state index is -3.97. The summed E-state index contributed by atoms with van der Waals surface area (Å²) in [5, 5.41) is 0. The Balaban J connectivity index is 3.25. The SMILES string of the molecule is CCN(CC(N)=O)S(=O)(=O)c1ccc(C(=O)OC)cc1N. The Hall–Kier alpha value is -2.13. The minimum Gasteiger partial charge on any atom is -0.465 e. The number of amides is 1. The number of sulfonamides is 1. The molecule has 0 radical (unpaired) electrons. The number of ether oxygens (including phenoxy) is 1. The number of methoxy groups -OCH3 is 1. The molecule has 0 aliphatic carbocycles. The second-order valence-electron chi connectivity index (χ2n) is 4.14. The van der Waals surface area contributed by atoms with Crippen molar-refractivity contribution >= 4 is 27.6 Å². The predicted molar refractivity (Wildman–Crippen MR) is 75.8 cm³/mol. The van der Waals surface area contributed by atoms with Gasteiger partial charge in [0.1, 0.15) is 4.90 Å². The largest absolute Gasteiger partial charge is 0.465 e. The van der Waals surface area contributed by atoms with Crippen LogP contribution in [-0.4, -0.2) is 44.8 Å². The van der Waals surface area contributed by atoms with Gasteiger partial charge >= 0.3 is 5.97 Å². The molecule has 1 amide bonds. The van der Waals surface area contributed by atoms with E-state index < -0.39 is 28.4 Å². The Labute approximate surface area is 122 Å². The summed E-state index contributed by atoms with van der Waals surface area (Å²) in [4.78, 5) is 22.1. The molecule has 4 N–H and O–H groups in total. The number of anilines is 1. The molecule has 0 aromatic heterocycles. The Morgan fingerprint density at radius 3 is 2.38 bits per heavy atom. The van der Waals surface area contributed by atoms with Crippen LogP contribution in [0, 0.1) is 0 Å². The molecule has 0 heterocycles. The summed E-state index contributed by atoms with van der Waals surface area (Å²) in [6, 6.07) is 3.69. The van der Waals surface area contributed by atoms with E-state index in [1.807, 2.05) is 0 Å². The Kier molecular flexibility index (Phi) is 5.28. The van der Waals surface area contributed by atoms with E-state index in [0.717, 1.165) is 4.31 Å². The van der Waals surface area contributed by atoms with Crippen LogP contribution in [0.25, 0.3) is 0 Å². The molecule has 0 aliphatic rings. The first-order valence-electron chi connectivity index (χ1n) is 6.00. The molecule has 0 bridgehead atoms. The van der Waals surface area contributed by atoms with Gasteiger partial charge in [-0.1, -0.05) is 6.92 Å². The molecule has 0 aliphatic heterocycles. The Bertz CT molecular complexity index is 657. The van der Waals surface area contributed by atoms with Crippen molar-refractivity contribution in [3.63, 3.8) is 0 Å². The highest BCUT2D eigenvalue weighted by Gasteiger charge is 2.27. The van der Waals surface area contributed by atoms with Crippen LogP contribution in [0.1, 0.15) is 17.3 Å². The van der Waals surface area contributed by atoms with Gasteiger partial charge in [-0.05, 0) is 18.2 Å². The number of hydrogen-bond acceptors (Lipinski definition) is 6. The fourth-order valence-electron chi connectivity index (χ4n) is 1.71. The molecule has 0 atom stereocenters. The van der Waals surface area contributed by atoms with E-state index in [1.54, 1.807) is 6.92 Å².